The summed E-state index contributed by atoms with van der Waals surface area (Å²) in [6, 6.07) is 4.28. The monoisotopic (exact) mass is 405 g/mol. The third-order valence-corrected chi connectivity index (χ3v) is 6.67. The quantitative estimate of drug-likeness (QED) is 0.427. The number of piperidine rings is 1. The Morgan fingerprint density at radius 2 is 2.00 bits per heavy atom. The molecule has 1 fully saturated rings. The molecular weight excluding hydrogens is 382 g/mol. The molecule has 1 saturated heterocycles. The minimum absolute atomic E-state index is 0. The van der Waals surface area contributed by atoms with Gasteiger partial charge < -0.3 is 19.1 Å². The summed E-state index contributed by atoms with van der Waals surface area (Å²) >= 11 is 0. The van der Waals surface area contributed by atoms with Gasteiger partial charge in [0.15, 0.2) is 17.6 Å². The highest BCUT2D eigenvalue weighted by atomic mass is 35.5. The van der Waals surface area contributed by atoms with Gasteiger partial charge in [-0.3, -0.25) is 9.59 Å². The summed E-state index contributed by atoms with van der Waals surface area (Å²) in [5, 5.41) is 0. The number of likely N-dealkylation sites (tertiary alicyclic amines) is 1. The van der Waals surface area contributed by atoms with E-state index < -0.39 is 6.10 Å². The molecule has 0 saturated carbocycles. The van der Waals surface area contributed by atoms with E-state index in [4.69, 9.17) is 14.2 Å². The van der Waals surface area contributed by atoms with Crippen molar-refractivity contribution >= 4 is 24.3 Å². The van der Waals surface area contributed by atoms with Crippen molar-refractivity contribution in [1.82, 2.24) is 4.90 Å². The van der Waals surface area contributed by atoms with Gasteiger partial charge in [0.25, 0.3) is 0 Å². The molecule has 0 aromatic heterocycles. The van der Waals surface area contributed by atoms with Crippen LogP contribution in [0, 0.1) is 5.92 Å². The Morgan fingerprint density at radius 1 is 1.21 bits per heavy atom. The van der Waals surface area contributed by atoms with Crippen molar-refractivity contribution in [1.29, 1.82) is 0 Å². The topological polar surface area (TPSA) is 65.1 Å². The van der Waals surface area contributed by atoms with Gasteiger partial charge in [0, 0.05) is 36.8 Å². The summed E-state index contributed by atoms with van der Waals surface area (Å²) < 4.78 is 17.5. The summed E-state index contributed by atoms with van der Waals surface area (Å²) in [4.78, 5) is 25.7. The lowest BCUT2D eigenvalue weighted by atomic mass is 9.53. The van der Waals surface area contributed by atoms with Crippen LogP contribution in [0.15, 0.2) is 24.3 Å². The van der Waals surface area contributed by atoms with Crippen LogP contribution in [0.5, 0.6) is 11.5 Å². The van der Waals surface area contributed by atoms with Crippen LogP contribution in [0.4, 0.5) is 0 Å². The minimum Gasteiger partial charge on any atom is -0.481 e. The molecule has 0 amide bonds. The molecule has 1 aromatic carbocycles. The second-order valence-electron chi connectivity index (χ2n) is 8.09. The molecule has 4 aliphatic rings. The zero-order valence-electron chi connectivity index (χ0n) is 16.1. The van der Waals surface area contributed by atoms with E-state index >= 15 is 0 Å². The molecular formula is C21H24ClNO5. The first-order chi connectivity index (χ1) is 12.9. The van der Waals surface area contributed by atoms with Crippen LogP contribution >= 0.6 is 12.4 Å². The van der Waals surface area contributed by atoms with Crippen LogP contribution in [-0.2, 0) is 26.2 Å². The first-order valence-corrected chi connectivity index (χ1v) is 9.49. The van der Waals surface area contributed by atoms with Crippen LogP contribution in [0.2, 0.25) is 0 Å². The molecule has 1 spiro atoms. The average Bonchev–Trinajstić information content (AvgIpc) is 2.95. The van der Waals surface area contributed by atoms with Crippen LogP contribution in [-0.4, -0.2) is 48.7 Å². The van der Waals surface area contributed by atoms with Crippen molar-refractivity contribution in [2.45, 2.75) is 50.4 Å². The van der Waals surface area contributed by atoms with E-state index in [2.05, 4.69) is 24.1 Å². The highest BCUT2D eigenvalue weighted by Gasteiger charge is 2.65. The molecule has 2 bridgehead atoms. The second-order valence-corrected chi connectivity index (χ2v) is 8.09. The number of carbonyl (C=O) groups excluding carboxylic acids is 2. The molecule has 150 valence electrons. The summed E-state index contributed by atoms with van der Waals surface area (Å²) in [5.74, 6) is 0.712. The zero-order chi connectivity index (χ0) is 18.9. The Morgan fingerprint density at radius 3 is 2.71 bits per heavy atom. The van der Waals surface area contributed by atoms with Gasteiger partial charge in [0.05, 0.1) is 0 Å². The second kappa shape index (κ2) is 6.49. The first kappa shape index (κ1) is 19.3. The predicted molar refractivity (Wildman–Crippen MR) is 104 cm³/mol. The number of halogens is 1. The maximum Gasteiger partial charge on any atom is 0.308 e. The van der Waals surface area contributed by atoms with E-state index in [-0.39, 0.29) is 41.8 Å². The third kappa shape index (κ3) is 2.44. The molecule has 7 heteroatoms. The van der Waals surface area contributed by atoms with E-state index in [0.29, 0.717) is 17.5 Å². The Hall–Kier alpha value is -2.05. The van der Waals surface area contributed by atoms with Gasteiger partial charge in [-0.2, -0.15) is 0 Å². The summed E-state index contributed by atoms with van der Waals surface area (Å²) in [6.45, 7) is 3.77. The minimum atomic E-state index is -0.439. The molecule has 2 heterocycles. The van der Waals surface area contributed by atoms with E-state index in [1.807, 2.05) is 12.1 Å². The number of nitrogens with zero attached hydrogens (tertiary/aromatic N) is 1. The zero-order valence-corrected chi connectivity index (χ0v) is 17.0. The van der Waals surface area contributed by atoms with E-state index in [1.165, 1.54) is 19.4 Å². The number of likely N-dealkylation sites (N-methyl/N-ethyl adjacent to an activating group) is 1. The smallest absolute Gasteiger partial charge is 0.308 e. The summed E-state index contributed by atoms with van der Waals surface area (Å²) in [6.07, 6.45) is 5.31. The highest BCUT2D eigenvalue weighted by Crippen LogP contribution is 2.62. The molecule has 0 radical (unpaired) electrons. The lowest BCUT2D eigenvalue weighted by molar-refractivity contribution is -0.152. The molecule has 28 heavy (non-hydrogen) atoms. The molecule has 2 aliphatic carbocycles. The maximum absolute atomic E-state index is 11.7. The predicted octanol–water partition coefficient (Wildman–Crippen LogP) is 2.41. The fraction of sp³-hybridized carbons (Fsp3) is 0.524. The van der Waals surface area contributed by atoms with Crippen molar-refractivity contribution in [2.75, 3.05) is 13.6 Å². The SMILES string of the molecule is CC(=O)Oc1ccc2c3c1OC1C(OC(C)=O)C=CC4C(C2)N(C)CCC341.Cl. The number of hydrogen-bond acceptors (Lipinski definition) is 6. The summed E-state index contributed by atoms with van der Waals surface area (Å²) in [7, 11) is 2.17. The van der Waals surface area contributed by atoms with Crippen molar-refractivity contribution in [3.05, 3.63) is 35.4 Å². The summed E-state index contributed by atoms with van der Waals surface area (Å²) in [5.41, 5.74) is 2.15. The molecule has 1 aromatic rings. The number of esters is 2. The molecule has 5 unspecified atom stereocenters. The van der Waals surface area contributed by atoms with E-state index in [9.17, 15) is 9.59 Å². The van der Waals surface area contributed by atoms with Gasteiger partial charge >= 0.3 is 11.9 Å². The van der Waals surface area contributed by atoms with Crippen molar-refractivity contribution in [3.8, 4) is 11.5 Å². The third-order valence-electron chi connectivity index (χ3n) is 6.67. The Bertz CT molecular complexity index is 884. The number of carbonyl (C=O) groups is 2. The number of ether oxygens (including phenoxy) is 3. The van der Waals surface area contributed by atoms with Crippen LogP contribution in [0.3, 0.4) is 0 Å². The first-order valence-electron chi connectivity index (χ1n) is 9.49. The highest BCUT2D eigenvalue weighted by molar-refractivity contribution is 5.85. The van der Waals surface area contributed by atoms with Gasteiger partial charge in [-0.1, -0.05) is 12.1 Å². The largest absolute Gasteiger partial charge is 0.481 e. The van der Waals surface area contributed by atoms with Crippen molar-refractivity contribution in [2.24, 2.45) is 5.92 Å². The maximum atomic E-state index is 11.7. The number of rotatable bonds is 2. The van der Waals surface area contributed by atoms with Crippen LogP contribution < -0.4 is 9.47 Å². The normalized spacial score (nSPS) is 34.0. The molecule has 0 N–H and O–H groups in total. The Kier molecular flexibility index (Phi) is 4.47. The van der Waals surface area contributed by atoms with Gasteiger partial charge in [0.2, 0.25) is 0 Å². The molecule has 2 aliphatic heterocycles. The molecule has 5 atom stereocenters. The lowest BCUT2D eigenvalue weighted by Crippen LogP contribution is -2.65. The fourth-order valence-electron chi connectivity index (χ4n) is 5.74. The standard InChI is InChI=1S/C21H23NO5.ClH/c1-11(23)25-16-6-4-13-10-15-14-5-7-17(26-12(2)24)20-21(14,8-9-22(15)3)18(13)19(16)27-20;/h4-7,14-15,17,20H,8-10H2,1-3H3;1H. The average molecular weight is 406 g/mol. The van der Waals surface area contributed by atoms with Gasteiger partial charge in [-0.05, 0) is 44.1 Å². The van der Waals surface area contributed by atoms with E-state index in [1.54, 1.807) is 0 Å². The lowest BCUT2D eigenvalue weighted by Gasteiger charge is -2.56. The van der Waals surface area contributed by atoms with Crippen molar-refractivity contribution in [3.63, 3.8) is 0 Å². The van der Waals surface area contributed by atoms with Gasteiger partial charge in [-0.15, -0.1) is 12.4 Å². The number of hydrogen-bond donors (Lipinski definition) is 0. The van der Waals surface area contributed by atoms with Crippen molar-refractivity contribution < 1.29 is 23.8 Å². The van der Waals surface area contributed by atoms with E-state index in [0.717, 1.165) is 24.9 Å². The van der Waals surface area contributed by atoms with Gasteiger partial charge in [0.1, 0.15) is 6.10 Å². The van der Waals surface area contributed by atoms with Crippen LogP contribution in [0.1, 0.15) is 31.4 Å². The Labute approximate surface area is 170 Å². The molecule has 6 nitrogen and oxygen atoms in total. The molecule has 5 rings (SSSR count). The van der Waals surface area contributed by atoms with Gasteiger partial charge in [-0.25, -0.2) is 0 Å². The Balaban J connectivity index is 0.00000192. The van der Waals surface area contributed by atoms with Crippen LogP contribution in [0.25, 0.3) is 0 Å². The number of benzene rings is 1. The fourth-order valence-corrected chi connectivity index (χ4v) is 5.74.